The molecule has 2 N–H and O–H groups in total. The maximum absolute atomic E-state index is 5.99. The summed E-state index contributed by atoms with van der Waals surface area (Å²) >= 11 is 0. The smallest absolute Gasteiger partial charge is 0.181 e. The van der Waals surface area contributed by atoms with Gasteiger partial charge >= 0.3 is 0 Å². The molecule has 5 aromatic heterocycles. The van der Waals surface area contributed by atoms with Crippen molar-refractivity contribution in [3.05, 3.63) is 78.9 Å². The highest BCUT2D eigenvalue weighted by molar-refractivity contribution is 5.95. The van der Waals surface area contributed by atoms with Gasteiger partial charge in [0, 0.05) is 55.9 Å². The Morgan fingerprint density at radius 3 is 2.64 bits per heavy atom. The number of hydrogen-bond donors (Lipinski definition) is 2. The second-order valence-corrected chi connectivity index (χ2v) is 9.78. The van der Waals surface area contributed by atoms with Gasteiger partial charge < -0.3 is 19.5 Å². The SMILES string of the molecule is CN1CCN(c2nccc3[nH]c(-c4[nH]nc5ncc(-c6cncc(OCc7ccccc7)c6)cc45)nc23)CC1. The Balaban J connectivity index is 1.20. The second kappa shape index (κ2) is 9.80. The third kappa shape index (κ3) is 4.55. The molecule has 0 atom stereocenters. The molecule has 1 aliphatic rings. The molecule has 39 heavy (non-hydrogen) atoms. The minimum atomic E-state index is 0.478. The standard InChI is InChI=1S/C29H27N9O/c1-37-9-11-38(12-10-37)29-26-24(7-8-31-29)33-28(34-26)25-23-14-21(16-32-27(23)36-35-25)20-13-22(17-30-15-20)39-18-19-5-3-2-4-6-19/h2-8,13-17H,9-12,18H2,1H3,(H,33,34)(H,32,35,36). The van der Waals surface area contributed by atoms with Crippen LogP contribution in [0.2, 0.25) is 0 Å². The monoisotopic (exact) mass is 517 g/mol. The van der Waals surface area contributed by atoms with Gasteiger partial charge in [0.15, 0.2) is 17.3 Å². The lowest BCUT2D eigenvalue weighted by Crippen LogP contribution is -2.44. The van der Waals surface area contributed by atoms with Crippen molar-refractivity contribution in [2.75, 3.05) is 38.1 Å². The Bertz CT molecular complexity index is 1750. The number of aromatic amines is 2. The fourth-order valence-corrected chi connectivity index (χ4v) is 4.92. The van der Waals surface area contributed by atoms with Crippen molar-refractivity contribution in [3.63, 3.8) is 0 Å². The maximum atomic E-state index is 5.99. The zero-order valence-corrected chi connectivity index (χ0v) is 21.5. The first-order valence-electron chi connectivity index (χ1n) is 13.0. The average molecular weight is 518 g/mol. The molecule has 1 aromatic carbocycles. The van der Waals surface area contributed by atoms with E-state index in [4.69, 9.17) is 9.72 Å². The van der Waals surface area contributed by atoms with Gasteiger partial charge in [0.05, 0.1) is 17.1 Å². The third-order valence-corrected chi connectivity index (χ3v) is 7.13. The lowest BCUT2D eigenvalue weighted by atomic mass is 10.1. The molecule has 10 nitrogen and oxygen atoms in total. The molecule has 0 aliphatic carbocycles. The normalized spacial score (nSPS) is 14.3. The molecule has 0 radical (unpaired) electrons. The summed E-state index contributed by atoms with van der Waals surface area (Å²) in [5.41, 5.74) is 6.13. The minimum Gasteiger partial charge on any atom is -0.487 e. The highest BCUT2D eigenvalue weighted by Gasteiger charge is 2.21. The molecule has 10 heteroatoms. The first kappa shape index (κ1) is 23.3. The number of aromatic nitrogens is 7. The molecule has 6 heterocycles. The Kier molecular flexibility index (Phi) is 5.86. The molecule has 0 saturated carbocycles. The largest absolute Gasteiger partial charge is 0.487 e. The number of nitrogens with zero attached hydrogens (tertiary/aromatic N) is 7. The summed E-state index contributed by atoms with van der Waals surface area (Å²) in [5, 5.41) is 8.44. The predicted molar refractivity (Wildman–Crippen MR) is 150 cm³/mol. The fraction of sp³-hybridized carbons (Fsp3) is 0.207. The quantitative estimate of drug-likeness (QED) is 0.337. The highest BCUT2D eigenvalue weighted by atomic mass is 16.5. The number of rotatable bonds is 6. The molecule has 1 aliphatic heterocycles. The lowest BCUT2D eigenvalue weighted by Gasteiger charge is -2.33. The topological polar surface area (TPSA) is 112 Å². The summed E-state index contributed by atoms with van der Waals surface area (Å²) in [6.45, 7) is 4.33. The van der Waals surface area contributed by atoms with E-state index < -0.39 is 0 Å². The highest BCUT2D eigenvalue weighted by Crippen LogP contribution is 2.32. The van der Waals surface area contributed by atoms with Crippen LogP contribution in [0, 0.1) is 0 Å². The fourth-order valence-electron chi connectivity index (χ4n) is 4.92. The van der Waals surface area contributed by atoms with Gasteiger partial charge in [0.1, 0.15) is 23.6 Å². The van der Waals surface area contributed by atoms with Crippen molar-refractivity contribution < 1.29 is 4.74 Å². The van der Waals surface area contributed by atoms with E-state index in [1.807, 2.05) is 54.9 Å². The average Bonchev–Trinajstić information content (AvgIpc) is 3.61. The van der Waals surface area contributed by atoms with E-state index in [-0.39, 0.29) is 0 Å². The van der Waals surface area contributed by atoms with Crippen molar-refractivity contribution in [1.29, 1.82) is 0 Å². The molecule has 1 fully saturated rings. The first-order chi connectivity index (χ1) is 19.2. The molecule has 0 spiro atoms. The van der Waals surface area contributed by atoms with Crippen LogP contribution in [-0.2, 0) is 6.61 Å². The number of ether oxygens (including phenoxy) is 1. The Labute approximate surface area is 224 Å². The van der Waals surface area contributed by atoms with Crippen molar-refractivity contribution in [1.82, 2.24) is 40.0 Å². The van der Waals surface area contributed by atoms with Crippen LogP contribution in [0.3, 0.4) is 0 Å². The van der Waals surface area contributed by atoms with Crippen molar-refractivity contribution in [3.8, 4) is 28.4 Å². The number of fused-ring (bicyclic) bond motifs is 2. The van der Waals surface area contributed by atoms with Crippen LogP contribution in [0.4, 0.5) is 5.82 Å². The van der Waals surface area contributed by atoms with Gasteiger partial charge in [-0.3, -0.25) is 10.1 Å². The van der Waals surface area contributed by atoms with Crippen molar-refractivity contribution >= 4 is 27.9 Å². The van der Waals surface area contributed by atoms with Crippen LogP contribution in [0.25, 0.3) is 44.7 Å². The van der Waals surface area contributed by atoms with E-state index in [2.05, 4.69) is 53.0 Å². The number of nitrogens with one attached hydrogen (secondary N) is 2. The van der Waals surface area contributed by atoms with E-state index in [9.17, 15) is 0 Å². The predicted octanol–water partition coefficient (Wildman–Crippen LogP) is 4.29. The molecule has 7 rings (SSSR count). The van der Waals surface area contributed by atoms with E-state index in [1.165, 1.54) is 0 Å². The van der Waals surface area contributed by atoms with E-state index in [0.29, 0.717) is 23.8 Å². The summed E-state index contributed by atoms with van der Waals surface area (Å²) in [6.07, 6.45) is 7.18. The molecule has 0 amide bonds. The molecule has 194 valence electrons. The van der Waals surface area contributed by atoms with Gasteiger partial charge in [0.2, 0.25) is 0 Å². The third-order valence-electron chi connectivity index (χ3n) is 7.13. The summed E-state index contributed by atoms with van der Waals surface area (Å²) in [7, 11) is 2.15. The zero-order chi connectivity index (χ0) is 26.2. The van der Waals surface area contributed by atoms with Gasteiger partial charge in [0.25, 0.3) is 0 Å². The van der Waals surface area contributed by atoms with E-state index in [1.54, 1.807) is 12.4 Å². The molecule has 1 saturated heterocycles. The molecular formula is C29H27N9O. The summed E-state index contributed by atoms with van der Waals surface area (Å²) in [4.78, 5) is 26.7. The van der Waals surface area contributed by atoms with Crippen LogP contribution < -0.4 is 9.64 Å². The van der Waals surface area contributed by atoms with Crippen LogP contribution in [0.1, 0.15) is 5.56 Å². The van der Waals surface area contributed by atoms with Gasteiger partial charge in [-0.05, 0) is 30.8 Å². The number of imidazole rings is 1. The van der Waals surface area contributed by atoms with Crippen LogP contribution in [0.5, 0.6) is 5.75 Å². The number of piperazine rings is 1. The van der Waals surface area contributed by atoms with Gasteiger partial charge in [-0.1, -0.05) is 30.3 Å². The summed E-state index contributed by atoms with van der Waals surface area (Å²) < 4.78 is 5.99. The van der Waals surface area contributed by atoms with E-state index in [0.717, 1.165) is 70.8 Å². The summed E-state index contributed by atoms with van der Waals surface area (Å²) in [5.74, 6) is 2.31. The lowest BCUT2D eigenvalue weighted by molar-refractivity contribution is 0.305. The molecule has 6 aromatic rings. The molecule has 0 bridgehead atoms. The second-order valence-electron chi connectivity index (χ2n) is 9.78. The number of hydrogen-bond acceptors (Lipinski definition) is 8. The van der Waals surface area contributed by atoms with E-state index >= 15 is 0 Å². The number of anilines is 1. The van der Waals surface area contributed by atoms with Crippen molar-refractivity contribution in [2.45, 2.75) is 6.61 Å². The number of likely N-dealkylation sites (N-methyl/N-ethyl adjacent to an activating group) is 1. The maximum Gasteiger partial charge on any atom is 0.181 e. The number of H-pyrrole nitrogens is 2. The van der Waals surface area contributed by atoms with Gasteiger partial charge in [-0.2, -0.15) is 5.10 Å². The number of pyridine rings is 3. The van der Waals surface area contributed by atoms with Crippen LogP contribution in [0.15, 0.2) is 73.3 Å². The first-order valence-corrected chi connectivity index (χ1v) is 13.0. The van der Waals surface area contributed by atoms with Crippen molar-refractivity contribution in [2.24, 2.45) is 0 Å². The summed E-state index contributed by atoms with van der Waals surface area (Å²) in [6, 6.07) is 16.1. The van der Waals surface area contributed by atoms with Crippen LogP contribution >= 0.6 is 0 Å². The Hall–Kier alpha value is -4.83. The zero-order valence-electron chi connectivity index (χ0n) is 21.5. The molecular weight excluding hydrogens is 490 g/mol. The van der Waals surface area contributed by atoms with Crippen LogP contribution in [-0.4, -0.2) is 73.2 Å². The molecule has 0 unspecified atom stereocenters. The Morgan fingerprint density at radius 2 is 1.77 bits per heavy atom. The minimum absolute atomic E-state index is 0.478. The van der Waals surface area contributed by atoms with Gasteiger partial charge in [-0.25, -0.2) is 15.0 Å². The number of benzene rings is 1. The Morgan fingerprint density at radius 1 is 0.923 bits per heavy atom. The van der Waals surface area contributed by atoms with Gasteiger partial charge in [-0.15, -0.1) is 0 Å².